The number of phosphoric ester groups is 1. The molecule has 1 rings (SSSR count). The molecule has 1 aliphatic rings. The zero-order valence-corrected chi connectivity index (χ0v) is 37.4. The summed E-state index contributed by atoms with van der Waals surface area (Å²) >= 11 is 0. The predicted molar refractivity (Wildman–Crippen MR) is 233 cm³/mol. The van der Waals surface area contributed by atoms with Crippen LogP contribution >= 0.6 is 7.82 Å². The van der Waals surface area contributed by atoms with E-state index in [9.17, 15) is 19.0 Å². The van der Waals surface area contributed by atoms with Crippen molar-refractivity contribution in [2.24, 2.45) is 0 Å². The van der Waals surface area contributed by atoms with Crippen molar-refractivity contribution in [3.63, 3.8) is 0 Å². The Balaban J connectivity index is 2.36. The highest BCUT2D eigenvalue weighted by Crippen LogP contribution is 2.43. The molecule has 1 fully saturated rings. The van der Waals surface area contributed by atoms with Crippen molar-refractivity contribution in [2.45, 2.75) is 173 Å². The van der Waals surface area contributed by atoms with E-state index in [0.717, 1.165) is 38.5 Å². The van der Waals surface area contributed by atoms with Crippen LogP contribution < -0.4 is 0 Å². The van der Waals surface area contributed by atoms with Gasteiger partial charge in [0.25, 0.3) is 0 Å². The Kier molecular flexibility index (Phi) is 31.9. The lowest BCUT2D eigenvalue weighted by Crippen LogP contribution is -2.37. The maximum absolute atomic E-state index is 12.8. The van der Waals surface area contributed by atoms with Crippen molar-refractivity contribution in [3.8, 4) is 0 Å². The zero-order valence-electron chi connectivity index (χ0n) is 36.5. The molecule has 328 valence electrons. The van der Waals surface area contributed by atoms with Gasteiger partial charge < -0.3 is 23.6 Å². The summed E-state index contributed by atoms with van der Waals surface area (Å²) in [7, 11) is 1.41. The minimum absolute atomic E-state index is 0.0121. The Bertz CT molecular complexity index is 1220. The summed E-state index contributed by atoms with van der Waals surface area (Å²) in [5, 5.41) is 0. The molecular weight excluding hydrogens is 741 g/mol. The maximum atomic E-state index is 12.8. The van der Waals surface area contributed by atoms with Crippen LogP contribution in [0.15, 0.2) is 60.8 Å². The maximum Gasteiger partial charge on any atom is 0.472 e. The van der Waals surface area contributed by atoms with Crippen molar-refractivity contribution in [1.82, 2.24) is 0 Å². The van der Waals surface area contributed by atoms with Gasteiger partial charge in [-0.2, -0.15) is 0 Å². The van der Waals surface area contributed by atoms with Crippen LogP contribution in [0.1, 0.15) is 155 Å². The fraction of sp³-hybridized carbons (Fsp3) is 0.739. The van der Waals surface area contributed by atoms with Crippen LogP contribution in [-0.2, 0) is 37.4 Å². The molecule has 0 aromatic carbocycles. The van der Waals surface area contributed by atoms with Gasteiger partial charge in [-0.3, -0.25) is 18.6 Å². The smallest absolute Gasteiger partial charge is 0.462 e. The number of epoxide rings is 1. The van der Waals surface area contributed by atoms with Crippen LogP contribution in [0.3, 0.4) is 0 Å². The number of likely N-dealkylation sites (N-methyl/N-ethyl adjacent to an activating group) is 1. The van der Waals surface area contributed by atoms with E-state index in [1.807, 2.05) is 51.5 Å². The molecule has 4 unspecified atom stereocenters. The fourth-order valence-electron chi connectivity index (χ4n) is 5.98. The van der Waals surface area contributed by atoms with Crippen LogP contribution in [-0.4, -0.2) is 87.1 Å². The first-order valence-electron chi connectivity index (χ1n) is 22.2. The first-order valence-corrected chi connectivity index (χ1v) is 23.7. The molecule has 0 aromatic heterocycles. The third kappa shape index (κ3) is 35.3. The number of hydrogen-bond donors (Lipinski definition) is 1. The minimum atomic E-state index is -4.41. The highest BCUT2D eigenvalue weighted by Gasteiger charge is 2.35. The molecular formula is C46H81NO9P+. The van der Waals surface area contributed by atoms with Gasteiger partial charge in [0.1, 0.15) is 25.9 Å². The van der Waals surface area contributed by atoms with Gasteiger partial charge in [-0.05, 0) is 38.5 Å². The number of phosphoric acid groups is 1. The molecule has 0 radical (unpaired) electrons. The summed E-state index contributed by atoms with van der Waals surface area (Å²) < 4.78 is 40.0. The number of unbranched alkanes of at least 4 members (excludes halogenated alkanes) is 14. The first kappa shape index (κ1) is 52.7. The molecule has 57 heavy (non-hydrogen) atoms. The molecule has 11 heteroatoms. The van der Waals surface area contributed by atoms with Crippen molar-refractivity contribution in [1.29, 1.82) is 0 Å². The number of allylic oxidation sites excluding steroid dienone is 9. The Labute approximate surface area is 347 Å². The van der Waals surface area contributed by atoms with E-state index in [-0.39, 0.29) is 38.3 Å². The summed E-state index contributed by atoms with van der Waals surface area (Å²) in [5.74, 6) is -0.897. The molecule has 1 N–H and O–H groups in total. The lowest BCUT2D eigenvalue weighted by molar-refractivity contribution is -0.870. The number of hydrogen-bond acceptors (Lipinski definition) is 8. The number of esters is 2. The average Bonchev–Trinajstić information content (AvgIpc) is 3.91. The van der Waals surface area contributed by atoms with Crippen molar-refractivity contribution in [3.05, 3.63) is 60.8 Å². The van der Waals surface area contributed by atoms with Crippen molar-refractivity contribution >= 4 is 19.8 Å². The number of nitrogens with zero attached hydrogens (tertiary/aromatic N) is 1. The van der Waals surface area contributed by atoms with Gasteiger partial charge in [-0.1, -0.05) is 164 Å². The number of ether oxygens (including phenoxy) is 3. The highest BCUT2D eigenvalue weighted by molar-refractivity contribution is 7.47. The van der Waals surface area contributed by atoms with Gasteiger partial charge in [0, 0.05) is 12.8 Å². The summed E-state index contributed by atoms with van der Waals surface area (Å²) in [5.41, 5.74) is 0. The SMILES string of the molecule is CC/C=C\C/C=C\C\C=C/C=C/C=C/C1OC1CCCC(=O)OC(COC(=O)CCCCCCCCCCCCCCCCC)COP(=O)(O)OCC[N+](C)(C)C. The number of carbonyl (C=O) groups is 2. The molecule has 0 aliphatic carbocycles. The Hall–Kier alpha value is -2.33. The first-order chi connectivity index (χ1) is 27.5. The molecule has 4 atom stereocenters. The van der Waals surface area contributed by atoms with E-state index < -0.39 is 32.5 Å². The summed E-state index contributed by atoms with van der Waals surface area (Å²) in [4.78, 5) is 35.5. The monoisotopic (exact) mass is 823 g/mol. The summed E-state index contributed by atoms with van der Waals surface area (Å²) in [6.07, 6.45) is 43.0. The predicted octanol–water partition coefficient (Wildman–Crippen LogP) is 11.5. The molecule has 1 heterocycles. The van der Waals surface area contributed by atoms with Crippen molar-refractivity contribution < 1.29 is 46.8 Å². The fourth-order valence-corrected chi connectivity index (χ4v) is 6.72. The van der Waals surface area contributed by atoms with Crippen molar-refractivity contribution in [2.75, 3.05) is 47.5 Å². The lowest BCUT2D eigenvalue weighted by atomic mass is 10.0. The van der Waals surface area contributed by atoms with E-state index in [4.69, 9.17) is 23.3 Å². The van der Waals surface area contributed by atoms with Crippen LogP contribution in [0.2, 0.25) is 0 Å². The van der Waals surface area contributed by atoms with Crippen LogP contribution in [0.4, 0.5) is 0 Å². The largest absolute Gasteiger partial charge is 0.472 e. The second-order valence-electron chi connectivity index (χ2n) is 16.2. The Morgan fingerprint density at radius 2 is 1.25 bits per heavy atom. The van der Waals surface area contributed by atoms with E-state index in [2.05, 4.69) is 44.2 Å². The molecule has 0 saturated carbocycles. The van der Waals surface area contributed by atoms with Gasteiger partial charge in [0.05, 0.1) is 33.9 Å². The highest BCUT2D eigenvalue weighted by atomic mass is 31.2. The van der Waals surface area contributed by atoms with E-state index >= 15 is 0 Å². The molecule has 10 nitrogen and oxygen atoms in total. The van der Waals surface area contributed by atoms with Crippen LogP contribution in [0.5, 0.6) is 0 Å². The standard InChI is InChI=1S/C46H80NO9P/c1-6-8-10-12-14-16-18-20-21-22-24-26-28-30-32-36-45(48)52-40-42(41-54-57(50,51)53-39-38-47(3,4)5)55-46(49)37-33-35-44-43(56-44)34-31-29-27-25-23-19-17-15-13-11-9-7-2/h9,11,15,17,23,25,27,29,31,34,42-44H,6-8,10,12-14,16,18-22,24,26,28,30,32-33,35-41H2,1-5H3/p+1/b11-9-,17-15-,25-23-,29-27+,34-31+. The number of quaternary nitrogens is 1. The molecule has 1 saturated heterocycles. The van der Waals surface area contributed by atoms with Crippen LogP contribution in [0, 0.1) is 0 Å². The summed E-state index contributed by atoms with van der Waals surface area (Å²) in [6, 6.07) is 0. The molecule has 1 aliphatic heterocycles. The van der Waals surface area contributed by atoms with Gasteiger partial charge >= 0.3 is 19.8 Å². The average molecular weight is 823 g/mol. The van der Waals surface area contributed by atoms with E-state index in [1.165, 1.54) is 77.0 Å². The Morgan fingerprint density at radius 1 is 0.684 bits per heavy atom. The van der Waals surface area contributed by atoms with Gasteiger partial charge in [-0.15, -0.1) is 0 Å². The Morgan fingerprint density at radius 3 is 1.86 bits per heavy atom. The van der Waals surface area contributed by atoms with Gasteiger partial charge in [0.15, 0.2) is 6.10 Å². The van der Waals surface area contributed by atoms with E-state index in [1.54, 1.807) is 0 Å². The molecule has 0 spiro atoms. The quantitative estimate of drug-likeness (QED) is 0.0123. The molecule has 0 bridgehead atoms. The second kappa shape index (κ2) is 34.5. The minimum Gasteiger partial charge on any atom is -0.462 e. The van der Waals surface area contributed by atoms with Gasteiger partial charge in [0.2, 0.25) is 0 Å². The van der Waals surface area contributed by atoms with Crippen LogP contribution in [0.25, 0.3) is 0 Å². The second-order valence-corrected chi connectivity index (χ2v) is 17.6. The zero-order chi connectivity index (χ0) is 41.9. The van der Waals surface area contributed by atoms with Gasteiger partial charge in [-0.25, -0.2) is 4.57 Å². The third-order valence-electron chi connectivity index (χ3n) is 9.53. The molecule has 0 aromatic rings. The number of carbonyl (C=O) groups excluding carboxylic acids is 2. The third-order valence-corrected chi connectivity index (χ3v) is 10.5. The number of rotatable bonds is 38. The normalized spacial score (nSPS) is 17.7. The molecule has 0 amide bonds. The van der Waals surface area contributed by atoms with E-state index in [0.29, 0.717) is 23.9 Å². The summed E-state index contributed by atoms with van der Waals surface area (Å²) in [6.45, 7) is 4.19. The lowest BCUT2D eigenvalue weighted by Gasteiger charge is -2.24. The topological polar surface area (TPSA) is 121 Å².